The number of nitro groups is 1. The first-order chi connectivity index (χ1) is 9.09. The van der Waals surface area contributed by atoms with Gasteiger partial charge < -0.3 is 10.6 Å². The number of hydrogen-bond donors (Lipinski definition) is 2. The lowest BCUT2D eigenvalue weighted by molar-refractivity contribution is -0.385. The van der Waals surface area contributed by atoms with Crippen molar-refractivity contribution in [3.63, 3.8) is 0 Å². The van der Waals surface area contributed by atoms with E-state index in [0.29, 0.717) is 17.8 Å². The molecule has 1 aliphatic heterocycles. The summed E-state index contributed by atoms with van der Waals surface area (Å²) in [6.45, 7) is 3.26. The smallest absolute Gasteiger partial charge is 0.274 e. The van der Waals surface area contributed by atoms with Gasteiger partial charge in [-0.15, -0.1) is 0 Å². The molecule has 0 radical (unpaired) electrons. The number of nitro benzene ring substituents is 1. The molecule has 102 valence electrons. The van der Waals surface area contributed by atoms with Gasteiger partial charge in [0.25, 0.3) is 5.69 Å². The molecular formula is C13H17N3O3. The maximum Gasteiger partial charge on any atom is 0.274 e. The summed E-state index contributed by atoms with van der Waals surface area (Å²) in [4.78, 5) is 22.5. The normalized spacial score (nSPS) is 18.9. The molecule has 0 unspecified atom stereocenters. The number of nitrogens with one attached hydrogen (secondary N) is 2. The highest BCUT2D eigenvalue weighted by molar-refractivity contribution is 5.94. The monoisotopic (exact) mass is 263 g/mol. The zero-order valence-corrected chi connectivity index (χ0v) is 10.8. The van der Waals surface area contributed by atoms with Crippen molar-refractivity contribution in [3.05, 3.63) is 33.9 Å². The fourth-order valence-electron chi connectivity index (χ4n) is 2.27. The van der Waals surface area contributed by atoms with Crippen molar-refractivity contribution in [2.24, 2.45) is 5.92 Å². The number of nitrogens with zero attached hydrogens (tertiary/aromatic N) is 1. The molecule has 19 heavy (non-hydrogen) atoms. The van der Waals surface area contributed by atoms with Gasteiger partial charge in [-0.2, -0.15) is 0 Å². The molecule has 0 spiro atoms. The van der Waals surface area contributed by atoms with Crippen molar-refractivity contribution in [3.8, 4) is 0 Å². The number of rotatable bonds is 3. The fraction of sp³-hybridized carbons (Fsp3) is 0.462. The zero-order chi connectivity index (χ0) is 13.8. The molecule has 0 bridgehead atoms. The van der Waals surface area contributed by atoms with Crippen molar-refractivity contribution in [1.82, 2.24) is 5.32 Å². The molecule has 1 aliphatic rings. The Kier molecular flexibility index (Phi) is 4.11. The van der Waals surface area contributed by atoms with Gasteiger partial charge in [-0.3, -0.25) is 14.9 Å². The summed E-state index contributed by atoms with van der Waals surface area (Å²) >= 11 is 0. The van der Waals surface area contributed by atoms with Crippen LogP contribution >= 0.6 is 0 Å². The lowest BCUT2D eigenvalue weighted by Gasteiger charge is -2.22. The highest BCUT2D eigenvalue weighted by atomic mass is 16.6. The van der Waals surface area contributed by atoms with E-state index < -0.39 is 4.92 Å². The van der Waals surface area contributed by atoms with Gasteiger partial charge in [0.2, 0.25) is 5.91 Å². The summed E-state index contributed by atoms with van der Waals surface area (Å²) in [5.74, 6) is -0.136. The van der Waals surface area contributed by atoms with Gasteiger partial charge in [0, 0.05) is 12.6 Å². The predicted molar refractivity (Wildman–Crippen MR) is 72.1 cm³/mol. The fourth-order valence-corrected chi connectivity index (χ4v) is 2.27. The van der Waals surface area contributed by atoms with Crippen LogP contribution in [0.2, 0.25) is 0 Å². The first-order valence-corrected chi connectivity index (χ1v) is 6.35. The molecule has 1 fully saturated rings. The molecule has 2 N–H and O–H groups in total. The van der Waals surface area contributed by atoms with E-state index in [-0.39, 0.29) is 17.5 Å². The summed E-state index contributed by atoms with van der Waals surface area (Å²) in [6, 6.07) is 4.71. The maximum atomic E-state index is 12.1. The molecule has 1 amide bonds. The molecule has 1 heterocycles. The number of amides is 1. The first-order valence-electron chi connectivity index (χ1n) is 6.35. The Morgan fingerprint density at radius 2 is 2.32 bits per heavy atom. The van der Waals surface area contributed by atoms with Gasteiger partial charge in [-0.1, -0.05) is 6.07 Å². The third kappa shape index (κ3) is 3.08. The number of anilines is 1. The second kappa shape index (κ2) is 5.79. The summed E-state index contributed by atoms with van der Waals surface area (Å²) in [6.07, 6.45) is 1.83. The van der Waals surface area contributed by atoms with Crippen LogP contribution in [0, 0.1) is 23.0 Å². The van der Waals surface area contributed by atoms with E-state index >= 15 is 0 Å². The minimum Gasteiger partial charge on any atom is -0.325 e. The second-order valence-corrected chi connectivity index (χ2v) is 4.74. The molecule has 1 atom stereocenters. The molecule has 1 aromatic rings. The Balaban J connectivity index is 2.12. The van der Waals surface area contributed by atoms with Gasteiger partial charge in [0.1, 0.15) is 0 Å². The molecule has 0 saturated carbocycles. The number of benzene rings is 1. The van der Waals surface area contributed by atoms with Crippen molar-refractivity contribution >= 4 is 17.3 Å². The number of carbonyl (C=O) groups excluding carboxylic acids is 1. The summed E-state index contributed by atoms with van der Waals surface area (Å²) in [7, 11) is 0. The molecule has 1 aromatic carbocycles. The van der Waals surface area contributed by atoms with Crippen molar-refractivity contribution in [2.45, 2.75) is 19.8 Å². The Morgan fingerprint density at radius 3 is 2.95 bits per heavy atom. The van der Waals surface area contributed by atoms with Gasteiger partial charge >= 0.3 is 0 Å². The van der Waals surface area contributed by atoms with E-state index in [1.165, 1.54) is 6.07 Å². The quantitative estimate of drug-likeness (QED) is 0.643. The van der Waals surface area contributed by atoms with Crippen molar-refractivity contribution in [2.75, 3.05) is 18.4 Å². The van der Waals surface area contributed by atoms with E-state index in [2.05, 4.69) is 10.6 Å². The third-order valence-corrected chi connectivity index (χ3v) is 3.43. The van der Waals surface area contributed by atoms with Crippen LogP contribution in [0.1, 0.15) is 18.4 Å². The summed E-state index contributed by atoms with van der Waals surface area (Å²) in [5.41, 5.74) is 1.04. The van der Waals surface area contributed by atoms with Crippen LogP contribution in [0.15, 0.2) is 18.2 Å². The highest BCUT2D eigenvalue weighted by Crippen LogP contribution is 2.25. The van der Waals surface area contributed by atoms with Gasteiger partial charge in [0.15, 0.2) is 0 Å². The molecular weight excluding hydrogens is 246 g/mol. The number of hydrogen-bond acceptors (Lipinski definition) is 4. The molecule has 6 heteroatoms. The summed E-state index contributed by atoms with van der Waals surface area (Å²) < 4.78 is 0. The Bertz CT molecular complexity index is 496. The minimum absolute atomic E-state index is 0.0274. The average Bonchev–Trinajstić information content (AvgIpc) is 2.41. The second-order valence-electron chi connectivity index (χ2n) is 4.74. The SMILES string of the molecule is Cc1c(NC(=O)[C@@H]2CCCNC2)cccc1[N+](=O)[O-]. The zero-order valence-electron chi connectivity index (χ0n) is 10.8. The Hall–Kier alpha value is -1.95. The lowest BCUT2D eigenvalue weighted by atomic mass is 9.98. The van der Waals surface area contributed by atoms with Crippen LogP contribution in [0.4, 0.5) is 11.4 Å². The van der Waals surface area contributed by atoms with E-state index in [9.17, 15) is 14.9 Å². The van der Waals surface area contributed by atoms with Crippen LogP contribution in [0.25, 0.3) is 0 Å². The van der Waals surface area contributed by atoms with E-state index in [4.69, 9.17) is 0 Å². The van der Waals surface area contributed by atoms with Crippen LogP contribution in [0.5, 0.6) is 0 Å². The predicted octanol–water partition coefficient (Wildman–Crippen LogP) is 1.84. The lowest BCUT2D eigenvalue weighted by Crippen LogP contribution is -2.37. The molecule has 0 aromatic heterocycles. The number of piperidine rings is 1. The first kappa shape index (κ1) is 13.5. The minimum atomic E-state index is -0.437. The summed E-state index contributed by atoms with van der Waals surface area (Å²) in [5, 5.41) is 16.8. The van der Waals surface area contributed by atoms with Crippen LogP contribution in [0.3, 0.4) is 0 Å². The van der Waals surface area contributed by atoms with Gasteiger partial charge in [-0.25, -0.2) is 0 Å². The maximum absolute atomic E-state index is 12.1. The topological polar surface area (TPSA) is 84.3 Å². The molecule has 0 aliphatic carbocycles. The Morgan fingerprint density at radius 1 is 1.53 bits per heavy atom. The highest BCUT2D eigenvalue weighted by Gasteiger charge is 2.22. The van der Waals surface area contributed by atoms with E-state index in [1.807, 2.05) is 0 Å². The van der Waals surface area contributed by atoms with Crippen molar-refractivity contribution < 1.29 is 9.72 Å². The molecule has 1 saturated heterocycles. The number of carbonyl (C=O) groups is 1. The van der Waals surface area contributed by atoms with E-state index in [0.717, 1.165) is 19.4 Å². The molecule has 6 nitrogen and oxygen atoms in total. The van der Waals surface area contributed by atoms with Crippen LogP contribution < -0.4 is 10.6 Å². The van der Waals surface area contributed by atoms with Gasteiger partial charge in [0.05, 0.1) is 22.1 Å². The van der Waals surface area contributed by atoms with E-state index in [1.54, 1.807) is 19.1 Å². The Labute approximate surface area is 111 Å². The van der Waals surface area contributed by atoms with Crippen LogP contribution in [-0.4, -0.2) is 23.9 Å². The standard InChI is InChI=1S/C13H17N3O3/c1-9-11(5-2-6-12(9)16(18)19)15-13(17)10-4-3-7-14-8-10/h2,5-6,10,14H,3-4,7-8H2,1H3,(H,15,17)/t10-/m1/s1. The van der Waals surface area contributed by atoms with Crippen molar-refractivity contribution in [1.29, 1.82) is 0 Å². The van der Waals surface area contributed by atoms with Crippen LogP contribution in [-0.2, 0) is 4.79 Å². The largest absolute Gasteiger partial charge is 0.325 e. The third-order valence-electron chi connectivity index (χ3n) is 3.43. The average molecular weight is 263 g/mol. The molecule has 2 rings (SSSR count). The van der Waals surface area contributed by atoms with Gasteiger partial charge in [-0.05, 0) is 32.4 Å².